The van der Waals surface area contributed by atoms with E-state index >= 15 is 0 Å². The van der Waals surface area contributed by atoms with E-state index in [2.05, 4.69) is 15.4 Å². The fraction of sp³-hybridized carbons (Fsp3) is 0.105. The zero-order valence-electron chi connectivity index (χ0n) is 13.6. The molecule has 1 N–H and O–H groups in total. The Morgan fingerprint density at radius 3 is 2.68 bits per heavy atom. The Morgan fingerprint density at radius 1 is 1.12 bits per heavy atom. The number of carbonyl (C=O) groups excluding carboxylic acids is 1. The lowest BCUT2D eigenvalue weighted by Crippen LogP contribution is -2.16. The number of aromatic nitrogens is 3. The molecule has 6 heteroatoms. The fourth-order valence-electron chi connectivity index (χ4n) is 2.66. The minimum Gasteiger partial charge on any atom is -0.305 e. The van der Waals surface area contributed by atoms with Gasteiger partial charge in [-0.2, -0.15) is 5.10 Å². The maximum absolute atomic E-state index is 12.6. The number of amides is 1. The van der Waals surface area contributed by atoms with E-state index in [9.17, 15) is 4.79 Å². The van der Waals surface area contributed by atoms with E-state index < -0.39 is 0 Å². The number of nitrogens with zero attached hydrogens (tertiary/aromatic N) is 3. The molecule has 0 aliphatic carbocycles. The first kappa shape index (κ1) is 15.5. The van der Waals surface area contributed by atoms with Gasteiger partial charge in [0.05, 0.1) is 22.5 Å². The van der Waals surface area contributed by atoms with Crippen LogP contribution >= 0.6 is 11.3 Å². The lowest BCUT2D eigenvalue weighted by atomic mass is 10.2. The summed E-state index contributed by atoms with van der Waals surface area (Å²) >= 11 is 1.39. The summed E-state index contributed by atoms with van der Waals surface area (Å²) in [6.45, 7) is 2.51. The summed E-state index contributed by atoms with van der Waals surface area (Å²) in [5, 5.41) is 7.87. The van der Waals surface area contributed by atoms with Gasteiger partial charge in [-0.1, -0.05) is 42.5 Å². The van der Waals surface area contributed by atoms with Gasteiger partial charge in [0.2, 0.25) is 0 Å². The number of hydrogen-bond acceptors (Lipinski definition) is 4. The van der Waals surface area contributed by atoms with Crippen molar-refractivity contribution in [2.45, 2.75) is 13.5 Å². The third-order valence-electron chi connectivity index (χ3n) is 3.81. The number of para-hydroxylation sites is 1. The number of aryl methyl sites for hydroxylation is 1. The summed E-state index contributed by atoms with van der Waals surface area (Å²) in [4.78, 5) is 17.0. The standard InChI is InChI=1S/C19H16N4OS/c1-13-11-17(23(22-13)12-14-7-3-2-4-8-14)21-18(24)19-20-15-9-5-6-10-16(15)25-19/h2-11H,12H2,1H3,(H,21,24). The fourth-order valence-corrected chi connectivity index (χ4v) is 3.52. The van der Waals surface area contributed by atoms with Crippen LogP contribution in [0.4, 0.5) is 5.82 Å². The smallest absolute Gasteiger partial charge is 0.285 e. The summed E-state index contributed by atoms with van der Waals surface area (Å²) in [6, 6.07) is 19.6. The normalized spacial score (nSPS) is 10.9. The molecule has 25 heavy (non-hydrogen) atoms. The van der Waals surface area contributed by atoms with E-state index in [-0.39, 0.29) is 5.91 Å². The van der Waals surface area contributed by atoms with Crippen LogP contribution in [0.3, 0.4) is 0 Å². The number of benzene rings is 2. The monoisotopic (exact) mass is 348 g/mol. The van der Waals surface area contributed by atoms with E-state index in [1.165, 1.54) is 11.3 Å². The first-order valence-corrected chi connectivity index (χ1v) is 8.76. The number of anilines is 1. The van der Waals surface area contributed by atoms with Crippen molar-refractivity contribution in [1.82, 2.24) is 14.8 Å². The van der Waals surface area contributed by atoms with Crippen molar-refractivity contribution in [2.24, 2.45) is 0 Å². The Kier molecular flexibility index (Phi) is 4.03. The van der Waals surface area contributed by atoms with Crippen molar-refractivity contribution in [1.29, 1.82) is 0 Å². The Labute approximate surface area is 149 Å². The minimum absolute atomic E-state index is 0.213. The van der Waals surface area contributed by atoms with Crippen LogP contribution in [0.2, 0.25) is 0 Å². The first-order chi connectivity index (χ1) is 12.2. The van der Waals surface area contributed by atoms with Gasteiger partial charge in [0, 0.05) is 6.07 Å². The highest BCUT2D eigenvalue weighted by molar-refractivity contribution is 7.20. The number of hydrogen-bond donors (Lipinski definition) is 1. The van der Waals surface area contributed by atoms with Gasteiger partial charge in [-0.05, 0) is 24.6 Å². The maximum atomic E-state index is 12.6. The van der Waals surface area contributed by atoms with Crippen LogP contribution in [0, 0.1) is 6.92 Å². The van der Waals surface area contributed by atoms with Gasteiger partial charge in [0.25, 0.3) is 5.91 Å². The van der Waals surface area contributed by atoms with E-state index in [1.807, 2.05) is 67.6 Å². The van der Waals surface area contributed by atoms with Gasteiger partial charge in [-0.3, -0.25) is 4.79 Å². The average Bonchev–Trinajstić information content (AvgIpc) is 3.19. The molecule has 0 atom stereocenters. The minimum atomic E-state index is -0.213. The molecule has 0 bridgehead atoms. The molecule has 2 heterocycles. The molecule has 4 rings (SSSR count). The maximum Gasteiger partial charge on any atom is 0.285 e. The molecular weight excluding hydrogens is 332 g/mol. The largest absolute Gasteiger partial charge is 0.305 e. The highest BCUT2D eigenvalue weighted by atomic mass is 32.1. The second kappa shape index (κ2) is 6.49. The SMILES string of the molecule is Cc1cc(NC(=O)c2nc3ccccc3s2)n(Cc2ccccc2)n1. The zero-order chi connectivity index (χ0) is 17.2. The molecule has 0 saturated carbocycles. The zero-order valence-corrected chi connectivity index (χ0v) is 14.5. The number of thiazole rings is 1. The lowest BCUT2D eigenvalue weighted by molar-refractivity contribution is 0.102. The lowest BCUT2D eigenvalue weighted by Gasteiger charge is -2.08. The van der Waals surface area contributed by atoms with Crippen molar-refractivity contribution in [3.63, 3.8) is 0 Å². The quantitative estimate of drug-likeness (QED) is 0.604. The molecule has 0 unspecified atom stereocenters. The van der Waals surface area contributed by atoms with Gasteiger partial charge < -0.3 is 5.32 Å². The van der Waals surface area contributed by atoms with E-state index in [0.29, 0.717) is 17.4 Å². The van der Waals surface area contributed by atoms with Crippen LogP contribution < -0.4 is 5.32 Å². The summed E-state index contributed by atoms with van der Waals surface area (Å²) in [5.74, 6) is 0.459. The number of fused-ring (bicyclic) bond motifs is 1. The Hall–Kier alpha value is -2.99. The summed E-state index contributed by atoms with van der Waals surface area (Å²) < 4.78 is 2.80. The molecule has 1 amide bonds. The topological polar surface area (TPSA) is 59.8 Å². The van der Waals surface area contributed by atoms with Gasteiger partial charge >= 0.3 is 0 Å². The number of carbonyl (C=O) groups is 1. The van der Waals surface area contributed by atoms with Crippen molar-refractivity contribution in [2.75, 3.05) is 5.32 Å². The van der Waals surface area contributed by atoms with E-state index in [4.69, 9.17) is 0 Å². The molecule has 0 fully saturated rings. The molecule has 124 valence electrons. The van der Waals surface area contributed by atoms with Gasteiger partial charge in [0.1, 0.15) is 5.82 Å². The van der Waals surface area contributed by atoms with Crippen molar-refractivity contribution in [3.05, 3.63) is 76.9 Å². The predicted molar refractivity (Wildman–Crippen MR) is 100 cm³/mol. The summed E-state index contributed by atoms with van der Waals surface area (Å²) in [5.41, 5.74) is 2.82. The molecule has 0 saturated heterocycles. The van der Waals surface area contributed by atoms with E-state index in [0.717, 1.165) is 21.5 Å². The van der Waals surface area contributed by atoms with Gasteiger partial charge in [0.15, 0.2) is 5.01 Å². The van der Waals surface area contributed by atoms with Crippen LogP contribution in [-0.4, -0.2) is 20.7 Å². The van der Waals surface area contributed by atoms with Crippen LogP contribution in [0.25, 0.3) is 10.2 Å². The van der Waals surface area contributed by atoms with Crippen molar-refractivity contribution < 1.29 is 4.79 Å². The Balaban J connectivity index is 1.58. The van der Waals surface area contributed by atoms with Crippen LogP contribution in [0.15, 0.2) is 60.7 Å². The van der Waals surface area contributed by atoms with Crippen molar-refractivity contribution >= 4 is 33.3 Å². The molecule has 4 aromatic rings. The molecule has 0 spiro atoms. The average molecular weight is 348 g/mol. The molecule has 5 nitrogen and oxygen atoms in total. The second-order valence-electron chi connectivity index (χ2n) is 5.76. The highest BCUT2D eigenvalue weighted by Crippen LogP contribution is 2.23. The second-order valence-corrected chi connectivity index (χ2v) is 6.79. The van der Waals surface area contributed by atoms with Crippen molar-refractivity contribution in [3.8, 4) is 0 Å². The third kappa shape index (κ3) is 3.29. The molecular formula is C19H16N4OS. The van der Waals surface area contributed by atoms with Gasteiger partial charge in [-0.15, -0.1) is 11.3 Å². The van der Waals surface area contributed by atoms with Crippen LogP contribution in [0.5, 0.6) is 0 Å². The number of nitrogens with one attached hydrogen (secondary N) is 1. The molecule has 2 aromatic carbocycles. The first-order valence-electron chi connectivity index (χ1n) is 7.94. The van der Waals surface area contributed by atoms with Crippen LogP contribution in [-0.2, 0) is 6.54 Å². The summed E-state index contributed by atoms with van der Waals surface area (Å²) in [6.07, 6.45) is 0. The van der Waals surface area contributed by atoms with Gasteiger partial charge in [-0.25, -0.2) is 9.67 Å². The Bertz CT molecular complexity index is 1000. The molecule has 0 aliphatic heterocycles. The third-order valence-corrected chi connectivity index (χ3v) is 4.84. The van der Waals surface area contributed by atoms with E-state index in [1.54, 1.807) is 4.68 Å². The molecule has 0 aliphatic rings. The summed E-state index contributed by atoms with van der Waals surface area (Å²) in [7, 11) is 0. The Morgan fingerprint density at radius 2 is 1.88 bits per heavy atom. The molecule has 0 radical (unpaired) electrons. The highest BCUT2D eigenvalue weighted by Gasteiger charge is 2.15. The van der Waals surface area contributed by atoms with Crippen LogP contribution in [0.1, 0.15) is 21.1 Å². The number of rotatable bonds is 4. The predicted octanol–water partition coefficient (Wildman–Crippen LogP) is 4.10. The molecule has 2 aromatic heterocycles.